The smallest absolute Gasteiger partial charge is 0.222 e. The van der Waals surface area contributed by atoms with E-state index in [-0.39, 0.29) is 17.6 Å². The molecule has 0 bridgehead atoms. The molecule has 9 heteroatoms. The van der Waals surface area contributed by atoms with Gasteiger partial charge in [0.05, 0.1) is 24.5 Å². The molecule has 2 aromatic heterocycles. The summed E-state index contributed by atoms with van der Waals surface area (Å²) in [6.45, 7) is 12.5. The van der Waals surface area contributed by atoms with E-state index in [0.29, 0.717) is 17.0 Å². The van der Waals surface area contributed by atoms with Gasteiger partial charge >= 0.3 is 0 Å². The molecule has 3 heterocycles. The van der Waals surface area contributed by atoms with Crippen molar-refractivity contribution in [1.29, 1.82) is 5.26 Å². The highest BCUT2D eigenvalue weighted by Crippen LogP contribution is 2.48. The summed E-state index contributed by atoms with van der Waals surface area (Å²) >= 11 is 0. The molecule has 3 N–H and O–H groups in total. The van der Waals surface area contributed by atoms with Crippen LogP contribution in [0, 0.1) is 17.2 Å². The molecule has 3 rings (SSSR count). The minimum atomic E-state index is -2.23. The number of nitrogen functional groups attached to an aromatic ring is 1. The van der Waals surface area contributed by atoms with Crippen LogP contribution in [0.4, 0.5) is 5.82 Å². The molecule has 1 fully saturated rings. The number of anilines is 1. The van der Waals surface area contributed by atoms with Gasteiger partial charge in [0.1, 0.15) is 17.9 Å². The van der Waals surface area contributed by atoms with E-state index in [9.17, 15) is 10.4 Å². The third-order valence-corrected chi connectivity index (χ3v) is 10.7. The zero-order chi connectivity index (χ0) is 20.9. The number of nitrogens with two attached hydrogens (primary N) is 1. The molecule has 152 valence electrons. The molecule has 0 saturated carbocycles. The second kappa shape index (κ2) is 6.81. The van der Waals surface area contributed by atoms with Gasteiger partial charge in [0.2, 0.25) is 5.60 Å². The lowest BCUT2D eigenvalue weighted by Crippen LogP contribution is -2.51. The lowest BCUT2D eigenvalue weighted by Gasteiger charge is -2.42. The Morgan fingerprint density at radius 2 is 2.11 bits per heavy atom. The molecule has 28 heavy (non-hydrogen) atoms. The first-order valence-corrected chi connectivity index (χ1v) is 12.4. The molecule has 1 aliphatic rings. The van der Waals surface area contributed by atoms with Crippen molar-refractivity contribution in [3.05, 3.63) is 24.2 Å². The Bertz CT molecular complexity index is 916. The summed E-state index contributed by atoms with van der Waals surface area (Å²) in [6, 6.07) is 5.90. The first-order valence-electron chi connectivity index (χ1n) is 9.45. The standard InChI is InChI=1S/C19H29N5O3Si/c1-12-14(9-25)26-19(10-20,16(12)27-28(5,6)18(2,3)4)15-8-7-13-17(21)22-11-23-24(13)15/h7-8,11-12,14,16,25H,9H2,1-6H3,(H2,21,22,23)/t12-,14-,16?,19+/m1/s1. The van der Waals surface area contributed by atoms with Gasteiger partial charge in [0.25, 0.3) is 0 Å². The van der Waals surface area contributed by atoms with Crippen LogP contribution in [0.3, 0.4) is 0 Å². The zero-order valence-electron chi connectivity index (χ0n) is 17.3. The van der Waals surface area contributed by atoms with E-state index in [0.717, 1.165) is 0 Å². The second-order valence-corrected chi connectivity index (χ2v) is 13.8. The van der Waals surface area contributed by atoms with Crippen molar-refractivity contribution in [1.82, 2.24) is 14.6 Å². The van der Waals surface area contributed by atoms with Gasteiger partial charge in [0.15, 0.2) is 14.1 Å². The molecule has 8 nitrogen and oxygen atoms in total. The highest BCUT2D eigenvalue weighted by atomic mass is 28.4. The maximum atomic E-state index is 10.3. The number of nitriles is 1. The van der Waals surface area contributed by atoms with Gasteiger partial charge in [-0.25, -0.2) is 9.50 Å². The van der Waals surface area contributed by atoms with Crippen molar-refractivity contribution in [3.8, 4) is 6.07 Å². The highest BCUT2D eigenvalue weighted by molar-refractivity contribution is 6.74. The molecule has 0 spiro atoms. The third kappa shape index (κ3) is 3.01. The largest absolute Gasteiger partial charge is 0.409 e. The van der Waals surface area contributed by atoms with Crippen LogP contribution >= 0.6 is 0 Å². The monoisotopic (exact) mass is 403 g/mol. The fourth-order valence-corrected chi connectivity index (χ4v) is 4.82. The molecule has 0 amide bonds. The molecule has 2 aromatic rings. The highest BCUT2D eigenvalue weighted by Gasteiger charge is 2.59. The maximum Gasteiger partial charge on any atom is 0.222 e. The van der Waals surface area contributed by atoms with Crippen LogP contribution in [-0.2, 0) is 14.8 Å². The minimum absolute atomic E-state index is 0.0426. The first kappa shape index (κ1) is 20.7. The lowest BCUT2D eigenvalue weighted by atomic mass is 9.88. The van der Waals surface area contributed by atoms with Gasteiger partial charge in [0, 0.05) is 5.92 Å². The predicted octanol–water partition coefficient (Wildman–Crippen LogP) is 2.45. The van der Waals surface area contributed by atoms with Crippen molar-refractivity contribution in [2.75, 3.05) is 12.3 Å². The molecule has 0 radical (unpaired) electrons. The predicted molar refractivity (Wildman–Crippen MR) is 108 cm³/mol. The normalized spacial score (nSPS) is 28.6. The van der Waals surface area contributed by atoms with Crippen LogP contribution in [0.15, 0.2) is 18.5 Å². The van der Waals surface area contributed by atoms with Gasteiger partial charge in [-0.2, -0.15) is 10.4 Å². The van der Waals surface area contributed by atoms with Crippen molar-refractivity contribution < 1.29 is 14.3 Å². The number of aliphatic hydroxyl groups is 1. The van der Waals surface area contributed by atoms with E-state index in [1.165, 1.54) is 6.33 Å². The second-order valence-electron chi connectivity index (χ2n) is 9.01. The molecule has 4 atom stereocenters. The Kier molecular flexibility index (Phi) is 5.04. The quantitative estimate of drug-likeness (QED) is 0.753. The summed E-state index contributed by atoms with van der Waals surface area (Å²) in [5.41, 5.74) is 5.69. The Morgan fingerprint density at radius 1 is 1.43 bits per heavy atom. The van der Waals surface area contributed by atoms with Gasteiger partial charge in [-0.1, -0.05) is 27.7 Å². The molecule has 1 saturated heterocycles. The number of aliphatic hydroxyl groups excluding tert-OH is 1. The molecular weight excluding hydrogens is 374 g/mol. The number of nitrogens with zero attached hydrogens (tertiary/aromatic N) is 4. The van der Waals surface area contributed by atoms with Gasteiger partial charge in [-0.15, -0.1) is 0 Å². The summed E-state index contributed by atoms with van der Waals surface area (Å²) in [5.74, 6) is 0.143. The number of aromatic nitrogens is 3. The number of rotatable bonds is 4. The fraction of sp³-hybridized carbons (Fsp3) is 0.632. The van der Waals surface area contributed by atoms with E-state index < -0.39 is 26.1 Å². The van der Waals surface area contributed by atoms with Crippen molar-refractivity contribution in [2.24, 2.45) is 5.92 Å². The Morgan fingerprint density at radius 3 is 2.68 bits per heavy atom. The van der Waals surface area contributed by atoms with Crippen LogP contribution in [0.1, 0.15) is 33.4 Å². The Hall–Kier alpha value is -1.99. The average molecular weight is 404 g/mol. The SMILES string of the molecule is C[C@H]1C(O[Si](C)(C)C(C)(C)C)[C@](C#N)(c2ccc3c(N)ncnn23)O[C@@H]1CO. The van der Waals surface area contributed by atoms with Crippen LogP contribution < -0.4 is 5.73 Å². The Labute approximate surface area is 166 Å². The minimum Gasteiger partial charge on any atom is -0.409 e. The fourth-order valence-electron chi connectivity index (χ4n) is 3.45. The maximum absolute atomic E-state index is 10.3. The Balaban J connectivity index is 2.18. The summed E-state index contributed by atoms with van der Waals surface area (Å²) in [7, 11) is -2.23. The van der Waals surface area contributed by atoms with Gasteiger partial charge in [-0.05, 0) is 30.3 Å². The van der Waals surface area contributed by atoms with E-state index in [1.54, 1.807) is 16.6 Å². The molecule has 1 unspecified atom stereocenters. The summed E-state index contributed by atoms with van der Waals surface area (Å²) in [5, 5.41) is 24.4. The molecular formula is C19H29N5O3Si. The van der Waals surface area contributed by atoms with Crippen LogP contribution in [0.25, 0.3) is 5.52 Å². The van der Waals surface area contributed by atoms with Crippen molar-refractivity contribution in [2.45, 2.75) is 63.6 Å². The van der Waals surface area contributed by atoms with Gasteiger partial charge < -0.3 is 20.0 Å². The van der Waals surface area contributed by atoms with E-state index in [2.05, 4.69) is 50.0 Å². The van der Waals surface area contributed by atoms with Gasteiger partial charge in [-0.3, -0.25) is 0 Å². The lowest BCUT2D eigenvalue weighted by molar-refractivity contribution is -0.0606. The number of hydrogen-bond donors (Lipinski definition) is 2. The van der Waals surface area contributed by atoms with Crippen molar-refractivity contribution >= 4 is 19.7 Å². The summed E-state index contributed by atoms with van der Waals surface area (Å²) < 4.78 is 14.5. The van der Waals surface area contributed by atoms with E-state index in [4.69, 9.17) is 14.9 Å². The summed E-state index contributed by atoms with van der Waals surface area (Å²) in [4.78, 5) is 4.01. The third-order valence-electron chi connectivity index (χ3n) is 6.24. The molecule has 1 aliphatic heterocycles. The summed E-state index contributed by atoms with van der Waals surface area (Å²) in [6.07, 6.45) is 0.284. The van der Waals surface area contributed by atoms with Crippen LogP contribution in [0.2, 0.25) is 18.1 Å². The number of hydrogen-bond acceptors (Lipinski definition) is 7. The first-order chi connectivity index (χ1) is 13.0. The topological polar surface area (TPSA) is 119 Å². The molecule has 0 aromatic carbocycles. The number of ether oxygens (including phenoxy) is 1. The van der Waals surface area contributed by atoms with Crippen molar-refractivity contribution in [3.63, 3.8) is 0 Å². The average Bonchev–Trinajstić information content (AvgIpc) is 3.16. The van der Waals surface area contributed by atoms with E-state index in [1.807, 2.05) is 6.92 Å². The van der Waals surface area contributed by atoms with Crippen LogP contribution in [0.5, 0.6) is 0 Å². The van der Waals surface area contributed by atoms with Crippen LogP contribution in [-0.4, -0.2) is 46.8 Å². The number of fused-ring (bicyclic) bond motifs is 1. The van der Waals surface area contributed by atoms with E-state index >= 15 is 0 Å². The molecule has 0 aliphatic carbocycles. The zero-order valence-corrected chi connectivity index (χ0v) is 18.3.